The van der Waals surface area contributed by atoms with Crippen molar-refractivity contribution in [1.29, 1.82) is 5.26 Å². The minimum atomic E-state index is 0.640. The lowest BCUT2D eigenvalue weighted by Crippen LogP contribution is -2.36. The molecule has 1 aromatic carbocycles. The van der Waals surface area contributed by atoms with Gasteiger partial charge in [0.1, 0.15) is 0 Å². The Bertz CT molecular complexity index is 394. The lowest BCUT2D eigenvalue weighted by atomic mass is 10.2. The smallest absolute Gasteiger partial charge is 0.0992 e. The summed E-state index contributed by atoms with van der Waals surface area (Å²) in [6.45, 7) is 3.09. The van der Waals surface area contributed by atoms with E-state index >= 15 is 0 Å². The molecule has 0 radical (unpaired) electrons. The van der Waals surface area contributed by atoms with Gasteiger partial charge in [-0.25, -0.2) is 0 Å². The summed E-state index contributed by atoms with van der Waals surface area (Å²) in [5, 5.41) is 9.51. The van der Waals surface area contributed by atoms with Crippen LogP contribution in [0, 0.1) is 11.3 Å². The Morgan fingerprint density at radius 3 is 2.73 bits per heavy atom. The van der Waals surface area contributed by atoms with Gasteiger partial charge in [0.2, 0.25) is 0 Å². The molecule has 0 unspecified atom stereocenters. The van der Waals surface area contributed by atoms with Crippen LogP contribution in [0.5, 0.6) is 0 Å². The summed E-state index contributed by atoms with van der Waals surface area (Å²) >= 11 is 6.09. The first kappa shape index (κ1) is 10.3. The van der Waals surface area contributed by atoms with Crippen molar-refractivity contribution in [2.45, 2.75) is 0 Å². The van der Waals surface area contributed by atoms with Gasteiger partial charge in [-0.2, -0.15) is 5.26 Å². The van der Waals surface area contributed by atoms with Crippen LogP contribution in [0.2, 0.25) is 5.02 Å². The van der Waals surface area contributed by atoms with Gasteiger partial charge in [-0.1, -0.05) is 11.6 Å². The SMILES string of the molecule is N#Cc1ccc(Cl)c(N2CCOCC2)c1. The normalized spacial score (nSPS) is 16.1. The summed E-state index contributed by atoms with van der Waals surface area (Å²) in [5.74, 6) is 0. The zero-order valence-corrected chi connectivity index (χ0v) is 9.00. The van der Waals surface area contributed by atoms with Crippen molar-refractivity contribution in [3.63, 3.8) is 0 Å². The molecule has 4 heteroatoms. The monoisotopic (exact) mass is 222 g/mol. The fraction of sp³-hybridized carbons (Fsp3) is 0.364. The highest BCUT2D eigenvalue weighted by Gasteiger charge is 2.14. The third-order valence-electron chi connectivity index (χ3n) is 2.43. The van der Waals surface area contributed by atoms with Gasteiger partial charge in [0.15, 0.2) is 0 Å². The van der Waals surface area contributed by atoms with Gasteiger partial charge in [-0.05, 0) is 18.2 Å². The third kappa shape index (κ3) is 2.23. The molecule has 2 rings (SSSR count). The van der Waals surface area contributed by atoms with Gasteiger partial charge >= 0.3 is 0 Å². The van der Waals surface area contributed by atoms with Crippen LogP contribution in [0.1, 0.15) is 5.56 Å². The lowest BCUT2D eigenvalue weighted by Gasteiger charge is -2.29. The van der Waals surface area contributed by atoms with Crippen molar-refractivity contribution in [3.05, 3.63) is 28.8 Å². The van der Waals surface area contributed by atoms with Crippen LogP contribution in [0.4, 0.5) is 5.69 Å². The van der Waals surface area contributed by atoms with E-state index in [-0.39, 0.29) is 0 Å². The molecule has 0 aliphatic carbocycles. The van der Waals surface area contributed by atoms with Crippen molar-refractivity contribution < 1.29 is 4.74 Å². The van der Waals surface area contributed by atoms with Gasteiger partial charge in [0.05, 0.1) is 35.6 Å². The van der Waals surface area contributed by atoms with E-state index in [9.17, 15) is 0 Å². The summed E-state index contributed by atoms with van der Waals surface area (Å²) in [6, 6.07) is 7.44. The Labute approximate surface area is 93.8 Å². The Hall–Kier alpha value is -1.24. The minimum Gasteiger partial charge on any atom is -0.378 e. The van der Waals surface area contributed by atoms with Crippen LogP contribution in [0.25, 0.3) is 0 Å². The summed E-state index contributed by atoms with van der Waals surface area (Å²) in [6.07, 6.45) is 0. The second-order valence-electron chi connectivity index (χ2n) is 3.38. The van der Waals surface area contributed by atoms with Crippen LogP contribution in [-0.2, 0) is 4.74 Å². The molecular formula is C11H11ClN2O. The first-order valence-corrected chi connectivity index (χ1v) is 5.21. The molecule has 1 fully saturated rings. The molecule has 1 saturated heterocycles. The maximum atomic E-state index is 8.82. The molecule has 0 bridgehead atoms. The summed E-state index contributed by atoms with van der Waals surface area (Å²) < 4.78 is 5.27. The van der Waals surface area contributed by atoms with Crippen molar-refractivity contribution in [1.82, 2.24) is 0 Å². The van der Waals surface area contributed by atoms with Gasteiger partial charge < -0.3 is 9.64 Å². The Kier molecular flexibility index (Phi) is 3.10. The Balaban J connectivity index is 2.29. The first-order valence-electron chi connectivity index (χ1n) is 4.83. The molecule has 1 heterocycles. The van der Waals surface area contributed by atoms with Crippen LogP contribution < -0.4 is 4.90 Å². The molecule has 78 valence electrons. The standard InChI is InChI=1S/C11H11ClN2O/c12-10-2-1-9(8-13)7-11(10)14-3-5-15-6-4-14/h1-2,7H,3-6H2. The predicted octanol–water partition coefficient (Wildman–Crippen LogP) is 2.05. The summed E-state index contributed by atoms with van der Waals surface area (Å²) in [5.41, 5.74) is 1.57. The molecule has 0 saturated carbocycles. The number of benzene rings is 1. The van der Waals surface area contributed by atoms with Gasteiger partial charge in [-0.15, -0.1) is 0 Å². The molecule has 3 nitrogen and oxygen atoms in total. The van der Waals surface area contributed by atoms with E-state index in [1.54, 1.807) is 12.1 Å². The van der Waals surface area contributed by atoms with E-state index in [4.69, 9.17) is 21.6 Å². The number of anilines is 1. The van der Waals surface area contributed by atoms with E-state index in [0.717, 1.165) is 18.8 Å². The second kappa shape index (κ2) is 4.52. The zero-order valence-electron chi connectivity index (χ0n) is 8.24. The molecule has 0 spiro atoms. The number of hydrogen-bond acceptors (Lipinski definition) is 3. The van der Waals surface area contributed by atoms with E-state index in [2.05, 4.69) is 11.0 Å². The highest BCUT2D eigenvalue weighted by molar-refractivity contribution is 6.33. The highest BCUT2D eigenvalue weighted by Crippen LogP contribution is 2.27. The zero-order chi connectivity index (χ0) is 10.7. The Morgan fingerprint density at radius 1 is 1.33 bits per heavy atom. The van der Waals surface area contributed by atoms with Crippen molar-refractivity contribution >= 4 is 17.3 Å². The van der Waals surface area contributed by atoms with Crippen LogP contribution in [0.15, 0.2) is 18.2 Å². The number of ether oxygens (including phenoxy) is 1. The highest BCUT2D eigenvalue weighted by atomic mass is 35.5. The molecule has 0 aromatic heterocycles. The summed E-state index contributed by atoms with van der Waals surface area (Å²) in [4.78, 5) is 2.15. The minimum absolute atomic E-state index is 0.640. The van der Waals surface area contributed by atoms with Crippen LogP contribution >= 0.6 is 11.6 Å². The molecule has 1 aliphatic heterocycles. The average Bonchev–Trinajstić information content (AvgIpc) is 2.31. The Morgan fingerprint density at radius 2 is 2.07 bits per heavy atom. The number of morpholine rings is 1. The van der Waals surface area contributed by atoms with Gasteiger partial charge in [-0.3, -0.25) is 0 Å². The summed E-state index contributed by atoms with van der Waals surface area (Å²) in [7, 11) is 0. The fourth-order valence-electron chi connectivity index (χ4n) is 1.63. The maximum Gasteiger partial charge on any atom is 0.0992 e. The van der Waals surface area contributed by atoms with Gasteiger partial charge in [0, 0.05) is 13.1 Å². The van der Waals surface area contributed by atoms with Crippen molar-refractivity contribution in [2.75, 3.05) is 31.2 Å². The van der Waals surface area contributed by atoms with E-state index in [1.807, 2.05) is 6.07 Å². The van der Waals surface area contributed by atoms with E-state index in [1.165, 1.54) is 0 Å². The van der Waals surface area contributed by atoms with E-state index < -0.39 is 0 Å². The molecule has 15 heavy (non-hydrogen) atoms. The number of halogens is 1. The fourth-order valence-corrected chi connectivity index (χ4v) is 1.87. The number of nitrogens with zero attached hydrogens (tertiary/aromatic N) is 2. The largest absolute Gasteiger partial charge is 0.378 e. The quantitative estimate of drug-likeness (QED) is 0.730. The van der Waals surface area contributed by atoms with Gasteiger partial charge in [0.25, 0.3) is 0 Å². The number of nitriles is 1. The topological polar surface area (TPSA) is 36.3 Å². The van der Waals surface area contributed by atoms with Crippen molar-refractivity contribution in [2.24, 2.45) is 0 Å². The van der Waals surface area contributed by atoms with Crippen LogP contribution in [0.3, 0.4) is 0 Å². The molecule has 1 aromatic rings. The average molecular weight is 223 g/mol. The number of hydrogen-bond donors (Lipinski definition) is 0. The molecule has 0 atom stereocenters. The lowest BCUT2D eigenvalue weighted by molar-refractivity contribution is 0.122. The molecule has 0 N–H and O–H groups in total. The van der Waals surface area contributed by atoms with Crippen LogP contribution in [-0.4, -0.2) is 26.3 Å². The first-order chi connectivity index (χ1) is 7.31. The second-order valence-corrected chi connectivity index (χ2v) is 3.78. The third-order valence-corrected chi connectivity index (χ3v) is 2.75. The molecule has 0 amide bonds. The number of rotatable bonds is 1. The van der Waals surface area contributed by atoms with E-state index in [0.29, 0.717) is 23.8 Å². The predicted molar refractivity (Wildman–Crippen MR) is 59.2 cm³/mol. The molecular weight excluding hydrogens is 212 g/mol. The molecule has 1 aliphatic rings. The van der Waals surface area contributed by atoms with Crippen molar-refractivity contribution in [3.8, 4) is 6.07 Å². The maximum absolute atomic E-state index is 8.82.